The minimum absolute atomic E-state index is 0.0704. The number of ether oxygens (including phenoxy) is 1. The van der Waals surface area contributed by atoms with Gasteiger partial charge in [0.2, 0.25) is 5.90 Å². The van der Waals surface area contributed by atoms with Crippen molar-refractivity contribution in [3.63, 3.8) is 0 Å². The highest BCUT2D eigenvalue weighted by atomic mass is 16.5. The molecule has 2 heteroatoms. The van der Waals surface area contributed by atoms with Crippen LogP contribution in [0.2, 0.25) is 0 Å². The summed E-state index contributed by atoms with van der Waals surface area (Å²) >= 11 is 0. The molecule has 1 aromatic rings. The van der Waals surface area contributed by atoms with E-state index in [1.54, 1.807) is 0 Å². The highest BCUT2D eigenvalue weighted by Crippen LogP contribution is 2.20. The molecule has 1 aliphatic rings. The number of hydrogen-bond donors (Lipinski definition) is 0. The van der Waals surface area contributed by atoms with Crippen LogP contribution in [-0.4, -0.2) is 18.0 Å². The average molecular weight is 189 g/mol. The fourth-order valence-corrected chi connectivity index (χ4v) is 1.51. The third-order valence-corrected chi connectivity index (χ3v) is 2.23. The number of aryl methyl sites for hydroxylation is 1. The molecule has 0 saturated heterocycles. The van der Waals surface area contributed by atoms with Crippen molar-refractivity contribution in [3.05, 3.63) is 35.4 Å². The van der Waals surface area contributed by atoms with Gasteiger partial charge < -0.3 is 4.74 Å². The Bertz CT molecular complexity index is 380. The highest BCUT2D eigenvalue weighted by molar-refractivity contribution is 5.95. The zero-order valence-corrected chi connectivity index (χ0v) is 8.87. The summed E-state index contributed by atoms with van der Waals surface area (Å²) in [4.78, 5) is 4.53. The lowest BCUT2D eigenvalue weighted by molar-refractivity contribution is 0.279. The zero-order valence-electron chi connectivity index (χ0n) is 8.87. The van der Waals surface area contributed by atoms with Gasteiger partial charge in [-0.25, -0.2) is 4.99 Å². The number of hydrogen-bond acceptors (Lipinski definition) is 2. The summed E-state index contributed by atoms with van der Waals surface area (Å²) in [7, 11) is 0. The Labute approximate surface area is 84.6 Å². The minimum atomic E-state index is -0.0704. The van der Waals surface area contributed by atoms with E-state index in [0.717, 1.165) is 11.5 Å². The Morgan fingerprint density at radius 1 is 1.36 bits per heavy atom. The number of aliphatic imine (C=N–C) groups is 1. The first kappa shape index (κ1) is 9.25. The molecule has 2 nitrogen and oxygen atoms in total. The first-order chi connectivity index (χ1) is 6.57. The first-order valence-electron chi connectivity index (χ1n) is 4.86. The zero-order chi connectivity index (χ0) is 10.2. The fourth-order valence-electron chi connectivity index (χ4n) is 1.51. The number of benzene rings is 1. The Hall–Kier alpha value is -1.31. The normalized spacial score (nSPS) is 18.9. The van der Waals surface area contributed by atoms with E-state index in [9.17, 15) is 0 Å². The molecule has 0 unspecified atom stereocenters. The number of rotatable bonds is 1. The predicted octanol–water partition coefficient (Wildman–Crippen LogP) is 2.55. The second kappa shape index (κ2) is 3.12. The van der Waals surface area contributed by atoms with Gasteiger partial charge in [-0.05, 0) is 32.9 Å². The van der Waals surface area contributed by atoms with Gasteiger partial charge in [0.1, 0.15) is 6.61 Å². The molecule has 0 aliphatic carbocycles. The minimum Gasteiger partial charge on any atom is -0.475 e. The molecule has 74 valence electrons. The Morgan fingerprint density at radius 2 is 2.14 bits per heavy atom. The lowest BCUT2D eigenvalue weighted by atomic mass is 10.1. The first-order valence-corrected chi connectivity index (χ1v) is 4.86. The van der Waals surface area contributed by atoms with Crippen LogP contribution >= 0.6 is 0 Å². The maximum Gasteiger partial charge on any atom is 0.216 e. The molecule has 14 heavy (non-hydrogen) atoms. The van der Waals surface area contributed by atoms with E-state index in [4.69, 9.17) is 4.74 Å². The second-order valence-corrected chi connectivity index (χ2v) is 4.39. The van der Waals surface area contributed by atoms with Crippen molar-refractivity contribution in [1.82, 2.24) is 0 Å². The molecule has 1 heterocycles. The molecule has 0 atom stereocenters. The van der Waals surface area contributed by atoms with E-state index in [1.165, 1.54) is 5.56 Å². The SMILES string of the molecule is Cc1cccc(C2=NC(C)(C)CO2)c1. The van der Waals surface area contributed by atoms with E-state index in [0.29, 0.717) is 6.61 Å². The molecule has 0 radical (unpaired) electrons. The summed E-state index contributed by atoms with van der Waals surface area (Å²) in [5.74, 6) is 0.777. The van der Waals surface area contributed by atoms with E-state index in [2.05, 4.69) is 37.9 Å². The van der Waals surface area contributed by atoms with Gasteiger partial charge in [0.05, 0.1) is 5.54 Å². The van der Waals surface area contributed by atoms with Gasteiger partial charge in [-0.3, -0.25) is 0 Å². The molecule has 2 rings (SSSR count). The number of nitrogens with zero attached hydrogens (tertiary/aromatic N) is 1. The molecular weight excluding hydrogens is 174 g/mol. The summed E-state index contributed by atoms with van der Waals surface area (Å²) in [5, 5.41) is 0. The molecular formula is C12H15NO. The van der Waals surface area contributed by atoms with E-state index in [-0.39, 0.29) is 5.54 Å². The summed E-state index contributed by atoms with van der Waals surface area (Å²) in [6, 6.07) is 8.24. The highest BCUT2D eigenvalue weighted by Gasteiger charge is 2.26. The molecule has 0 N–H and O–H groups in total. The molecule has 0 amide bonds. The molecule has 1 aromatic carbocycles. The van der Waals surface area contributed by atoms with Crippen LogP contribution in [-0.2, 0) is 4.74 Å². The van der Waals surface area contributed by atoms with Crippen molar-refractivity contribution in [2.75, 3.05) is 6.61 Å². The molecule has 0 bridgehead atoms. The van der Waals surface area contributed by atoms with Crippen LogP contribution in [0.4, 0.5) is 0 Å². The Balaban J connectivity index is 2.33. The van der Waals surface area contributed by atoms with Gasteiger partial charge in [-0.15, -0.1) is 0 Å². The maximum absolute atomic E-state index is 5.56. The quantitative estimate of drug-likeness (QED) is 0.665. The topological polar surface area (TPSA) is 21.6 Å². The van der Waals surface area contributed by atoms with Gasteiger partial charge in [0.25, 0.3) is 0 Å². The summed E-state index contributed by atoms with van der Waals surface area (Å²) in [6.45, 7) is 6.91. The van der Waals surface area contributed by atoms with Crippen molar-refractivity contribution in [2.24, 2.45) is 4.99 Å². The van der Waals surface area contributed by atoms with Gasteiger partial charge >= 0.3 is 0 Å². The van der Waals surface area contributed by atoms with Crippen molar-refractivity contribution in [2.45, 2.75) is 26.3 Å². The molecule has 0 fully saturated rings. The van der Waals surface area contributed by atoms with Crippen LogP contribution in [0.3, 0.4) is 0 Å². The lowest BCUT2D eigenvalue weighted by Crippen LogP contribution is -2.17. The smallest absolute Gasteiger partial charge is 0.216 e. The summed E-state index contributed by atoms with van der Waals surface area (Å²) in [6.07, 6.45) is 0. The third kappa shape index (κ3) is 1.79. The third-order valence-electron chi connectivity index (χ3n) is 2.23. The standard InChI is InChI=1S/C12H15NO/c1-9-5-4-6-10(7-9)11-13-12(2,3)8-14-11/h4-7H,8H2,1-3H3. The van der Waals surface area contributed by atoms with Crippen LogP contribution in [0.25, 0.3) is 0 Å². The van der Waals surface area contributed by atoms with Crippen LogP contribution in [0, 0.1) is 6.92 Å². The van der Waals surface area contributed by atoms with Crippen molar-refractivity contribution < 1.29 is 4.74 Å². The van der Waals surface area contributed by atoms with Gasteiger partial charge in [-0.2, -0.15) is 0 Å². The van der Waals surface area contributed by atoms with Gasteiger partial charge in [0.15, 0.2) is 0 Å². The largest absolute Gasteiger partial charge is 0.475 e. The van der Waals surface area contributed by atoms with Gasteiger partial charge in [-0.1, -0.05) is 17.7 Å². The van der Waals surface area contributed by atoms with E-state index in [1.807, 2.05) is 12.1 Å². The fraction of sp³-hybridized carbons (Fsp3) is 0.417. The monoisotopic (exact) mass is 189 g/mol. The predicted molar refractivity (Wildman–Crippen MR) is 57.7 cm³/mol. The van der Waals surface area contributed by atoms with E-state index >= 15 is 0 Å². The van der Waals surface area contributed by atoms with E-state index < -0.39 is 0 Å². The summed E-state index contributed by atoms with van der Waals surface area (Å²) < 4.78 is 5.56. The molecule has 1 aliphatic heterocycles. The molecule has 0 spiro atoms. The molecule has 0 aromatic heterocycles. The second-order valence-electron chi connectivity index (χ2n) is 4.39. The van der Waals surface area contributed by atoms with Crippen molar-refractivity contribution >= 4 is 5.90 Å². The Kier molecular flexibility index (Phi) is 2.06. The van der Waals surface area contributed by atoms with Crippen LogP contribution in [0.1, 0.15) is 25.0 Å². The van der Waals surface area contributed by atoms with Gasteiger partial charge in [0, 0.05) is 5.56 Å². The average Bonchev–Trinajstić information content (AvgIpc) is 2.46. The van der Waals surface area contributed by atoms with Crippen molar-refractivity contribution in [1.29, 1.82) is 0 Å². The Morgan fingerprint density at radius 3 is 2.71 bits per heavy atom. The van der Waals surface area contributed by atoms with Crippen molar-refractivity contribution in [3.8, 4) is 0 Å². The maximum atomic E-state index is 5.56. The summed E-state index contributed by atoms with van der Waals surface area (Å²) in [5.41, 5.74) is 2.24. The van der Waals surface area contributed by atoms with Crippen LogP contribution in [0.15, 0.2) is 29.3 Å². The lowest BCUT2D eigenvalue weighted by Gasteiger charge is -2.07. The molecule has 0 saturated carbocycles. The van der Waals surface area contributed by atoms with Crippen LogP contribution < -0.4 is 0 Å². The van der Waals surface area contributed by atoms with Crippen LogP contribution in [0.5, 0.6) is 0 Å².